The molecule has 26 heavy (non-hydrogen) atoms. The molecule has 144 valence electrons. The lowest BCUT2D eigenvalue weighted by molar-refractivity contribution is -0.0384. The predicted molar refractivity (Wildman–Crippen MR) is 97.3 cm³/mol. The lowest BCUT2D eigenvalue weighted by Crippen LogP contribution is -2.33. The molecule has 0 bridgehead atoms. The van der Waals surface area contributed by atoms with Crippen molar-refractivity contribution in [3.05, 3.63) is 38.2 Å². The number of rotatable bonds is 4. The van der Waals surface area contributed by atoms with Gasteiger partial charge in [-0.3, -0.25) is 19.2 Å². The highest BCUT2D eigenvalue weighted by atomic mass is 32.1. The number of aliphatic hydroxyl groups excluding tert-OH is 3. The summed E-state index contributed by atoms with van der Waals surface area (Å²) in [7, 11) is 0. The molecule has 0 amide bonds. The number of aromatic nitrogens is 2. The second kappa shape index (κ2) is 7.61. The zero-order valence-electron chi connectivity index (χ0n) is 14.9. The van der Waals surface area contributed by atoms with Gasteiger partial charge in [-0.25, -0.2) is 0 Å². The third kappa shape index (κ3) is 3.63. The molecule has 2 fully saturated rings. The van der Waals surface area contributed by atoms with Gasteiger partial charge in [-0.15, -0.1) is 0 Å². The van der Waals surface area contributed by atoms with Gasteiger partial charge in [0.15, 0.2) is 11.0 Å². The van der Waals surface area contributed by atoms with Gasteiger partial charge in [0.05, 0.1) is 0 Å². The van der Waals surface area contributed by atoms with Crippen molar-refractivity contribution in [1.29, 1.82) is 0 Å². The molecule has 1 aromatic rings. The Morgan fingerprint density at radius 2 is 1.96 bits per heavy atom. The smallest absolute Gasteiger partial charge is 0.256 e. The third-order valence-corrected chi connectivity index (χ3v) is 5.24. The number of aromatic amines is 1. The maximum atomic E-state index is 12.2. The van der Waals surface area contributed by atoms with E-state index in [0.29, 0.717) is 17.7 Å². The summed E-state index contributed by atoms with van der Waals surface area (Å²) in [6, 6.07) is 0. The normalized spacial score (nSPS) is 29.2. The van der Waals surface area contributed by atoms with Crippen LogP contribution in [-0.4, -0.2) is 61.2 Å². The minimum Gasteiger partial charge on any atom is -0.510 e. The summed E-state index contributed by atoms with van der Waals surface area (Å²) >= 11 is 5.21. The molecule has 3 rings (SSSR count). The van der Waals surface area contributed by atoms with E-state index in [1.54, 1.807) is 20.0 Å². The first-order chi connectivity index (χ1) is 12.3. The molecule has 2 aliphatic heterocycles. The summed E-state index contributed by atoms with van der Waals surface area (Å²) in [6.07, 6.45) is -0.852. The van der Waals surface area contributed by atoms with Gasteiger partial charge in [0.2, 0.25) is 0 Å². The molecule has 0 aliphatic carbocycles. The zero-order valence-corrected chi connectivity index (χ0v) is 15.7. The number of ether oxygens (including phenoxy) is 1. The Kier molecular flexibility index (Phi) is 5.64. The molecule has 4 atom stereocenters. The number of hydrogen-bond acceptors (Lipinski definition) is 7. The molecule has 0 aromatic carbocycles. The van der Waals surface area contributed by atoms with Gasteiger partial charge in [0.25, 0.3) is 5.56 Å². The molecule has 2 aliphatic rings. The van der Waals surface area contributed by atoms with Crippen molar-refractivity contribution in [2.45, 2.75) is 57.8 Å². The third-order valence-electron chi connectivity index (χ3n) is 4.93. The van der Waals surface area contributed by atoms with E-state index >= 15 is 0 Å². The fraction of sp³-hybridized carbons (Fsp3) is 0.647. The number of allylic oxidation sites excluding steroid dienone is 1. The number of hydrogen-bond donors (Lipinski definition) is 4. The van der Waals surface area contributed by atoms with Crippen molar-refractivity contribution in [2.75, 3.05) is 13.1 Å². The Labute approximate surface area is 156 Å². The molecule has 0 saturated carbocycles. The maximum Gasteiger partial charge on any atom is 0.256 e. The van der Waals surface area contributed by atoms with E-state index < -0.39 is 24.5 Å². The van der Waals surface area contributed by atoms with Crippen LogP contribution < -0.4 is 5.56 Å². The Morgan fingerprint density at radius 3 is 2.58 bits per heavy atom. The van der Waals surface area contributed by atoms with E-state index in [4.69, 9.17) is 17.0 Å². The van der Waals surface area contributed by atoms with Crippen LogP contribution in [-0.2, 0) is 11.3 Å². The van der Waals surface area contributed by atoms with Crippen molar-refractivity contribution in [2.24, 2.45) is 0 Å². The minimum absolute atomic E-state index is 0.0914. The number of aliphatic hydroxyl groups is 3. The van der Waals surface area contributed by atoms with Gasteiger partial charge in [0, 0.05) is 18.3 Å². The highest BCUT2D eigenvalue weighted by molar-refractivity contribution is 7.71. The number of nitrogens with zero attached hydrogens (tertiary/aromatic N) is 2. The lowest BCUT2D eigenvalue weighted by atomic mass is 10.1. The largest absolute Gasteiger partial charge is 0.510 e. The second-order valence-corrected chi connectivity index (χ2v) is 7.50. The first kappa shape index (κ1) is 19.2. The van der Waals surface area contributed by atoms with E-state index in [0.717, 1.165) is 25.9 Å². The van der Waals surface area contributed by atoms with Crippen molar-refractivity contribution >= 4 is 12.2 Å². The van der Waals surface area contributed by atoms with Gasteiger partial charge in [-0.2, -0.15) is 0 Å². The van der Waals surface area contributed by atoms with Crippen molar-refractivity contribution in [3.63, 3.8) is 0 Å². The molecule has 4 N–H and O–H groups in total. The highest BCUT2D eigenvalue weighted by Crippen LogP contribution is 2.33. The molecule has 9 heteroatoms. The Balaban J connectivity index is 1.92. The number of nitrogens with one attached hydrogen (secondary N) is 1. The topological polar surface area (TPSA) is 111 Å². The molecule has 0 spiro atoms. The standard InChI is InChI=1S/C17H25N3O5S/c1-9(2)11(21)14-12(22)13(23)16(25-14)20-8-10(15(24)18-17(20)26)7-19-5-3-4-6-19/h8,12-14,16,21-23H,3-7H2,1-2H3,(H,18,24,26)/t12-,13+,14+,16+/m0/s1. The molecule has 3 heterocycles. The van der Waals surface area contributed by atoms with E-state index in [9.17, 15) is 20.1 Å². The Morgan fingerprint density at radius 1 is 1.31 bits per heavy atom. The fourth-order valence-corrected chi connectivity index (χ4v) is 3.66. The lowest BCUT2D eigenvalue weighted by Gasteiger charge is -2.20. The summed E-state index contributed by atoms with van der Waals surface area (Å²) in [5.41, 5.74) is 0.831. The van der Waals surface area contributed by atoms with Crippen molar-refractivity contribution in [3.8, 4) is 0 Å². The van der Waals surface area contributed by atoms with Crippen LogP contribution >= 0.6 is 12.2 Å². The van der Waals surface area contributed by atoms with Crippen LogP contribution in [0.4, 0.5) is 0 Å². The molecular formula is C17H25N3O5S. The first-order valence-corrected chi connectivity index (χ1v) is 9.15. The average molecular weight is 383 g/mol. The molecular weight excluding hydrogens is 358 g/mol. The van der Waals surface area contributed by atoms with Gasteiger partial charge < -0.3 is 20.1 Å². The van der Waals surface area contributed by atoms with Crippen LogP contribution in [0.3, 0.4) is 0 Å². The van der Waals surface area contributed by atoms with Crippen LogP contribution in [0.25, 0.3) is 0 Å². The second-order valence-electron chi connectivity index (χ2n) is 7.12. The van der Waals surface area contributed by atoms with Crippen LogP contribution in [0.5, 0.6) is 0 Å². The minimum atomic E-state index is -1.30. The fourth-order valence-electron chi connectivity index (χ4n) is 3.41. The van der Waals surface area contributed by atoms with Crippen LogP contribution in [0.2, 0.25) is 0 Å². The average Bonchev–Trinajstić information content (AvgIpc) is 3.19. The van der Waals surface area contributed by atoms with Crippen molar-refractivity contribution < 1.29 is 20.1 Å². The molecule has 1 aromatic heterocycles. The molecule has 8 nitrogen and oxygen atoms in total. The van der Waals surface area contributed by atoms with Crippen molar-refractivity contribution in [1.82, 2.24) is 14.5 Å². The summed E-state index contributed by atoms with van der Waals surface area (Å²) in [4.78, 5) is 17.0. The summed E-state index contributed by atoms with van der Waals surface area (Å²) in [5.74, 6) is -0.118. The van der Waals surface area contributed by atoms with Gasteiger partial charge >= 0.3 is 0 Å². The predicted octanol–water partition coefficient (Wildman–Crippen LogP) is 0.973. The van der Waals surface area contributed by atoms with Crippen LogP contribution in [0.15, 0.2) is 22.3 Å². The Bertz CT molecular complexity index is 807. The summed E-state index contributed by atoms with van der Waals surface area (Å²) in [5, 5.41) is 30.8. The van der Waals surface area contributed by atoms with E-state index in [1.165, 1.54) is 4.57 Å². The number of H-pyrrole nitrogens is 1. The SMILES string of the molecule is CC(C)=C(O)[C@H]1O[C@@H](n2cc(CN3CCCC3)c(=O)[nH]c2=S)[C@H](O)[C@@H]1O. The Hall–Kier alpha value is -1.52. The highest BCUT2D eigenvalue weighted by Gasteiger charge is 2.46. The molecule has 0 unspecified atom stereocenters. The van der Waals surface area contributed by atoms with Gasteiger partial charge in [0.1, 0.15) is 24.1 Å². The van der Waals surface area contributed by atoms with E-state index in [1.807, 2.05) is 0 Å². The van der Waals surface area contributed by atoms with Crippen LogP contribution in [0, 0.1) is 4.77 Å². The molecule has 2 saturated heterocycles. The number of likely N-dealkylation sites (tertiary alicyclic amines) is 1. The quantitative estimate of drug-likeness (QED) is 0.453. The summed E-state index contributed by atoms with van der Waals surface area (Å²) in [6.45, 7) is 5.73. The first-order valence-electron chi connectivity index (χ1n) is 8.74. The van der Waals surface area contributed by atoms with Crippen LogP contribution in [0.1, 0.15) is 38.5 Å². The summed E-state index contributed by atoms with van der Waals surface area (Å²) < 4.78 is 7.22. The van der Waals surface area contributed by atoms with Gasteiger partial charge in [-0.1, -0.05) is 0 Å². The molecule has 0 radical (unpaired) electrons. The maximum absolute atomic E-state index is 12.2. The monoisotopic (exact) mass is 383 g/mol. The van der Waals surface area contributed by atoms with Gasteiger partial charge in [-0.05, 0) is 57.6 Å². The van der Waals surface area contributed by atoms with E-state index in [2.05, 4.69) is 9.88 Å². The zero-order chi connectivity index (χ0) is 19.0. The van der Waals surface area contributed by atoms with E-state index in [-0.39, 0.29) is 16.1 Å².